The fourth-order valence-electron chi connectivity index (χ4n) is 4.36. The van der Waals surface area contributed by atoms with E-state index >= 15 is 0 Å². The standard InChI is InChI=1S/C23H24N6O5/c24-21-26-22(25)28(23(27-21)10-2-1-3-11-23)17-8-5-7-16(13-17)20(31)34-14-19(30)15-6-4-9-18(12-15)29(32)33/h4-9,12-13H,1-3,10-11,14H2,(H4,24,25,26,27). The molecule has 176 valence electrons. The third-order valence-corrected chi connectivity index (χ3v) is 5.90. The van der Waals surface area contributed by atoms with Gasteiger partial charge in [0.15, 0.2) is 6.61 Å². The Morgan fingerprint density at radius 2 is 1.76 bits per heavy atom. The molecular weight excluding hydrogens is 440 g/mol. The van der Waals surface area contributed by atoms with Gasteiger partial charge >= 0.3 is 5.97 Å². The van der Waals surface area contributed by atoms with Crippen LogP contribution in [-0.2, 0) is 4.74 Å². The van der Waals surface area contributed by atoms with E-state index < -0.39 is 28.9 Å². The van der Waals surface area contributed by atoms with Crippen molar-refractivity contribution in [3.63, 3.8) is 0 Å². The number of rotatable bonds is 6. The zero-order chi connectivity index (χ0) is 24.3. The smallest absolute Gasteiger partial charge is 0.338 e. The van der Waals surface area contributed by atoms with E-state index in [1.165, 1.54) is 18.2 Å². The normalized spacial score (nSPS) is 17.0. The number of ketones is 1. The highest BCUT2D eigenvalue weighted by atomic mass is 16.6. The second-order valence-electron chi connectivity index (χ2n) is 8.18. The third-order valence-electron chi connectivity index (χ3n) is 5.90. The van der Waals surface area contributed by atoms with Crippen molar-refractivity contribution in [2.45, 2.75) is 37.8 Å². The predicted molar refractivity (Wildman–Crippen MR) is 126 cm³/mol. The van der Waals surface area contributed by atoms with E-state index in [2.05, 4.69) is 9.98 Å². The molecule has 4 N–H and O–H groups in total. The van der Waals surface area contributed by atoms with Gasteiger partial charge in [0.2, 0.25) is 17.7 Å². The molecule has 11 heteroatoms. The second kappa shape index (κ2) is 9.30. The first kappa shape index (κ1) is 22.9. The number of hydrogen-bond acceptors (Lipinski definition) is 10. The average Bonchev–Trinajstić information content (AvgIpc) is 2.82. The molecule has 2 aromatic carbocycles. The number of ether oxygens (including phenoxy) is 1. The van der Waals surface area contributed by atoms with Crippen LogP contribution in [-0.4, -0.2) is 40.9 Å². The lowest BCUT2D eigenvalue weighted by atomic mass is 9.87. The second-order valence-corrected chi connectivity index (χ2v) is 8.18. The maximum Gasteiger partial charge on any atom is 0.338 e. The van der Waals surface area contributed by atoms with Crippen LogP contribution < -0.4 is 16.4 Å². The minimum atomic E-state index is -0.714. The maximum absolute atomic E-state index is 12.7. The molecule has 1 aliphatic carbocycles. The van der Waals surface area contributed by atoms with E-state index in [-0.39, 0.29) is 28.7 Å². The average molecular weight is 464 g/mol. The van der Waals surface area contributed by atoms with Gasteiger partial charge in [0.1, 0.15) is 5.66 Å². The Morgan fingerprint density at radius 1 is 1.06 bits per heavy atom. The number of Topliss-reactive ketones (excluding diaryl/α,β-unsaturated/α-hetero) is 1. The first-order valence-electron chi connectivity index (χ1n) is 10.8. The molecule has 2 aromatic rings. The van der Waals surface area contributed by atoms with Gasteiger partial charge in [-0.3, -0.25) is 19.8 Å². The maximum atomic E-state index is 12.7. The fraction of sp³-hybridized carbons (Fsp3) is 0.304. The molecule has 0 radical (unpaired) electrons. The summed E-state index contributed by atoms with van der Waals surface area (Å²) in [5.41, 5.74) is 12.2. The molecule has 2 aliphatic rings. The molecule has 0 atom stereocenters. The Kier molecular flexibility index (Phi) is 6.26. The summed E-state index contributed by atoms with van der Waals surface area (Å²) in [6.45, 7) is -0.553. The van der Waals surface area contributed by atoms with Gasteiger partial charge in [0.25, 0.3) is 5.69 Å². The Labute approximate surface area is 195 Å². The van der Waals surface area contributed by atoms with Crippen LogP contribution in [0.25, 0.3) is 0 Å². The van der Waals surface area contributed by atoms with Crippen LogP contribution in [0.5, 0.6) is 0 Å². The van der Waals surface area contributed by atoms with E-state index in [4.69, 9.17) is 16.2 Å². The Morgan fingerprint density at radius 3 is 2.50 bits per heavy atom. The highest BCUT2D eigenvalue weighted by Crippen LogP contribution is 2.39. The number of carbonyl (C=O) groups is 2. The summed E-state index contributed by atoms with van der Waals surface area (Å²) in [6, 6.07) is 11.9. The van der Waals surface area contributed by atoms with Crippen LogP contribution in [0.4, 0.5) is 11.4 Å². The number of nitrogens with two attached hydrogens (primary N) is 2. The summed E-state index contributed by atoms with van der Waals surface area (Å²) in [6.07, 6.45) is 4.50. The molecule has 0 saturated heterocycles. The summed E-state index contributed by atoms with van der Waals surface area (Å²) in [5, 5.41) is 10.9. The number of carbonyl (C=O) groups excluding carboxylic acids is 2. The number of anilines is 1. The van der Waals surface area contributed by atoms with Crippen molar-refractivity contribution in [2.24, 2.45) is 21.5 Å². The van der Waals surface area contributed by atoms with E-state index in [0.29, 0.717) is 5.69 Å². The van der Waals surface area contributed by atoms with Gasteiger partial charge in [0.05, 0.1) is 10.5 Å². The largest absolute Gasteiger partial charge is 0.454 e. The number of nitro groups is 1. The molecule has 1 fully saturated rings. The van der Waals surface area contributed by atoms with Crippen molar-refractivity contribution >= 4 is 35.0 Å². The van der Waals surface area contributed by atoms with Crippen molar-refractivity contribution < 1.29 is 19.2 Å². The number of guanidine groups is 2. The lowest BCUT2D eigenvalue weighted by Gasteiger charge is -2.45. The monoisotopic (exact) mass is 464 g/mol. The van der Waals surface area contributed by atoms with Crippen LogP contribution in [0.15, 0.2) is 58.5 Å². The van der Waals surface area contributed by atoms with E-state index in [9.17, 15) is 19.7 Å². The molecule has 34 heavy (non-hydrogen) atoms. The summed E-state index contributed by atoms with van der Waals surface area (Å²) >= 11 is 0. The summed E-state index contributed by atoms with van der Waals surface area (Å²) < 4.78 is 5.18. The van der Waals surface area contributed by atoms with Crippen molar-refractivity contribution in [2.75, 3.05) is 11.5 Å². The zero-order valence-corrected chi connectivity index (χ0v) is 18.3. The number of benzene rings is 2. The molecule has 4 rings (SSSR count). The molecule has 11 nitrogen and oxygen atoms in total. The lowest BCUT2D eigenvalue weighted by molar-refractivity contribution is -0.384. The van der Waals surface area contributed by atoms with Gasteiger partial charge in [-0.25, -0.2) is 9.79 Å². The number of esters is 1. The van der Waals surface area contributed by atoms with Gasteiger partial charge in [0, 0.05) is 23.4 Å². The summed E-state index contributed by atoms with van der Waals surface area (Å²) in [5.74, 6) is -0.938. The topological polar surface area (TPSA) is 167 Å². The number of non-ortho nitro benzene ring substituents is 1. The Balaban J connectivity index is 1.51. The number of hydrogen-bond donors (Lipinski definition) is 2. The molecule has 0 unspecified atom stereocenters. The van der Waals surface area contributed by atoms with E-state index in [1.807, 2.05) is 0 Å². The van der Waals surface area contributed by atoms with Gasteiger partial charge < -0.3 is 16.2 Å². The first-order chi connectivity index (χ1) is 16.3. The highest BCUT2D eigenvalue weighted by Gasteiger charge is 2.42. The van der Waals surface area contributed by atoms with Crippen LogP contribution >= 0.6 is 0 Å². The van der Waals surface area contributed by atoms with Crippen LogP contribution in [0, 0.1) is 10.1 Å². The summed E-state index contributed by atoms with van der Waals surface area (Å²) in [7, 11) is 0. The molecule has 1 heterocycles. The van der Waals surface area contributed by atoms with Crippen molar-refractivity contribution in [1.29, 1.82) is 0 Å². The SMILES string of the molecule is NC1=NC2(CCCCC2)N(c2cccc(C(=O)OCC(=O)c3cccc([N+](=O)[O-])c3)c2)C(N)=N1. The molecule has 1 saturated carbocycles. The number of nitro benzene ring substituents is 1. The van der Waals surface area contributed by atoms with E-state index in [1.54, 1.807) is 29.2 Å². The number of aliphatic imine (C=N–C) groups is 2. The molecule has 0 aromatic heterocycles. The van der Waals surface area contributed by atoms with Crippen molar-refractivity contribution in [3.05, 3.63) is 69.8 Å². The highest BCUT2D eigenvalue weighted by molar-refractivity contribution is 6.06. The van der Waals surface area contributed by atoms with Crippen LogP contribution in [0.3, 0.4) is 0 Å². The van der Waals surface area contributed by atoms with Gasteiger partial charge in [-0.2, -0.15) is 4.99 Å². The van der Waals surface area contributed by atoms with Crippen LogP contribution in [0.2, 0.25) is 0 Å². The first-order valence-corrected chi connectivity index (χ1v) is 10.8. The molecule has 0 amide bonds. The van der Waals surface area contributed by atoms with E-state index in [0.717, 1.165) is 38.2 Å². The van der Waals surface area contributed by atoms with Crippen molar-refractivity contribution in [1.82, 2.24) is 0 Å². The molecule has 0 bridgehead atoms. The molecule has 1 spiro atoms. The quantitative estimate of drug-likeness (QED) is 0.285. The fourth-order valence-corrected chi connectivity index (χ4v) is 4.36. The number of nitrogens with zero attached hydrogens (tertiary/aromatic N) is 4. The summed E-state index contributed by atoms with van der Waals surface area (Å²) in [4.78, 5) is 45.9. The third kappa shape index (κ3) is 4.58. The minimum Gasteiger partial charge on any atom is -0.454 e. The minimum absolute atomic E-state index is 0.0859. The lowest BCUT2D eigenvalue weighted by Crippen LogP contribution is -2.58. The molecular formula is C23H24N6O5. The zero-order valence-electron chi connectivity index (χ0n) is 18.3. The van der Waals surface area contributed by atoms with Gasteiger partial charge in [-0.15, -0.1) is 0 Å². The van der Waals surface area contributed by atoms with Gasteiger partial charge in [-0.05, 0) is 43.9 Å². The Bertz CT molecular complexity index is 1200. The Hall–Kier alpha value is -4.28. The van der Waals surface area contributed by atoms with Crippen molar-refractivity contribution in [3.8, 4) is 0 Å². The molecule has 1 aliphatic heterocycles. The van der Waals surface area contributed by atoms with Crippen LogP contribution in [0.1, 0.15) is 52.8 Å². The van der Waals surface area contributed by atoms with Gasteiger partial charge in [-0.1, -0.05) is 24.6 Å². The predicted octanol–water partition coefficient (Wildman–Crippen LogP) is 2.74.